The van der Waals surface area contributed by atoms with Gasteiger partial charge >= 0.3 is 0 Å². The minimum atomic E-state index is 0.0752. The molecule has 20 heavy (non-hydrogen) atoms. The second-order valence-electron chi connectivity index (χ2n) is 4.56. The lowest BCUT2D eigenvalue weighted by Crippen LogP contribution is -1.99. The zero-order valence-electron chi connectivity index (χ0n) is 12.1. The van der Waals surface area contributed by atoms with Crippen molar-refractivity contribution in [3.05, 3.63) is 71.8 Å². The first kappa shape index (κ1) is 16.6. The van der Waals surface area contributed by atoms with Gasteiger partial charge < -0.3 is 0 Å². The van der Waals surface area contributed by atoms with Crippen LogP contribution >= 0.6 is 9.24 Å². The van der Waals surface area contributed by atoms with Gasteiger partial charge in [-0.1, -0.05) is 80.4 Å². The Balaban J connectivity index is 0.000000286. The molecule has 0 saturated carbocycles. The topological polar surface area (TPSA) is 17.1 Å². The quantitative estimate of drug-likeness (QED) is 0.431. The fourth-order valence-electron chi connectivity index (χ4n) is 1.74. The van der Waals surface area contributed by atoms with Gasteiger partial charge in [0.25, 0.3) is 0 Å². The summed E-state index contributed by atoms with van der Waals surface area (Å²) in [6.07, 6.45) is 5.38. The van der Waals surface area contributed by atoms with Crippen molar-refractivity contribution >= 4 is 15.0 Å². The molecule has 0 aliphatic carbocycles. The van der Waals surface area contributed by atoms with Crippen LogP contribution in [0, 0.1) is 0 Å². The van der Waals surface area contributed by atoms with Gasteiger partial charge in [0, 0.05) is 11.1 Å². The maximum atomic E-state index is 11.8. The highest BCUT2D eigenvalue weighted by Crippen LogP contribution is 2.08. The first-order chi connectivity index (χ1) is 9.79. The van der Waals surface area contributed by atoms with E-state index < -0.39 is 0 Å². The number of hydrogen-bond donors (Lipinski definition) is 0. The third kappa shape index (κ3) is 6.12. The van der Waals surface area contributed by atoms with Crippen LogP contribution in [0.2, 0.25) is 0 Å². The lowest BCUT2D eigenvalue weighted by molar-refractivity contribution is 0.103. The second-order valence-corrected chi connectivity index (χ2v) is 5.13. The van der Waals surface area contributed by atoms with Crippen LogP contribution in [0.1, 0.15) is 42.1 Å². The highest BCUT2D eigenvalue weighted by atomic mass is 31.0. The zero-order chi connectivity index (χ0) is 14.6. The summed E-state index contributed by atoms with van der Waals surface area (Å²) in [5.74, 6) is 0.0752. The normalized spacial score (nSPS) is 9.50. The molecule has 0 N–H and O–H groups in total. The molecule has 0 aromatic heterocycles. The summed E-state index contributed by atoms with van der Waals surface area (Å²) in [4.78, 5) is 11.8. The molecule has 1 atom stereocenters. The molecule has 2 heteroatoms. The fourth-order valence-corrected chi connectivity index (χ4v) is 2.03. The average Bonchev–Trinajstić information content (AvgIpc) is 2.54. The van der Waals surface area contributed by atoms with Crippen molar-refractivity contribution in [3.8, 4) is 0 Å². The Labute approximate surface area is 124 Å². The Bertz CT molecular complexity index is 434. The minimum Gasteiger partial charge on any atom is -0.289 e. The number of ketones is 1. The summed E-state index contributed by atoms with van der Waals surface area (Å²) in [5, 5.41) is 0. The summed E-state index contributed by atoms with van der Waals surface area (Å²) in [5.41, 5.74) is 1.47. The maximum Gasteiger partial charge on any atom is 0.193 e. The number of carbonyl (C=O) groups is 1. The zero-order valence-corrected chi connectivity index (χ0v) is 13.2. The van der Waals surface area contributed by atoms with Crippen LogP contribution < -0.4 is 0 Å². The summed E-state index contributed by atoms with van der Waals surface area (Å²) in [6.45, 7) is 2.22. The van der Waals surface area contributed by atoms with Gasteiger partial charge in [0.05, 0.1) is 0 Å². The van der Waals surface area contributed by atoms with Crippen molar-refractivity contribution in [1.82, 2.24) is 0 Å². The molecule has 0 amide bonds. The summed E-state index contributed by atoms with van der Waals surface area (Å²) < 4.78 is 0. The Morgan fingerprint density at radius 1 is 0.850 bits per heavy atom. The molecule has 2 rings (SSSR count). The standard InChI is InChI=1S/C13H10O.C5H13P/c14-13(11-7-3-1-4-8-11)12-9-5-2-6-10-12;1-2-3-4-5-6/h1-10H;2-6H2,1H3. The van der Waals surface area contributed by atoms with E-state index in [0.29, 0.717) is 0 Å². The molecule has 0 bridgehead atoms. The Kier molecular flexibility index (Phi) is 8.58. The highest BCUT2D eigenvalue weighted by Gasteiger charge is 2.06. The van der Waals surface area contributed by atoms with Crippen LogP contribution in [0.25, 0.3) is 0 Å². The average molecular weight is 286 g/mol. The first-order valence-corrected chi connectivity index (χ1v) is 7.96. The summed E-state index contributed by atoms with van der Waals surface area (Å²) in [6, 6.07) is 18.6. The minimum absolute atomic E-state index is 0.0752. The number of carbonyl (C=O) groups excluding carboxylic acids is 1. The van der Waals surface area contributed by atoms with Crippen molar-refractivity contribution in [1.29, 1.82) is 0 Å². The molecule has 0 heterocycles. The predicted octanol–water partition coefficient (Wildman–Crippen LogP) is 4.97. The van der Waals surface area contributed by atoms with Gasteiger partial charge in [-0.05, 0) is 12.6 Å². The van der Waals surface area contributed by atoms with Crippen LogP contribution in [-0.2, 0) is 0 Å². The molecular weight excluding hydrogens is 263 g/mol. The van der Waals surface area contributed by atoms with Gasteiger partial charge in [-0.15, -0.1) is 9.24 Å². The lowest BCUT2D eigenvalue weighted by atomic mass is 10.0. The Hall–Kier alpha value is -1.46. The van der Waals surface area contributed by atoms with Crippen LogP contribution in [-0.4, -0.2) is 11.9 Å². The molecule has 0 spiro atoms. The summed E-state index contributed by atoms with van der Waals surface area (Å²) in [7, 11) is 2.73. The van der Waals surface area contributed by atoms with E-state index in [-0.39, 0.29) is 5.78 Å². The molecule has 106 valence electrons. The largest absolute Gasteiger partial charge is 0.289 e. The van der Waals surface area contributed by atoms with Gasteiger partial charge in [-0.2, -0.15) is 0 Å². The molecule has 0 radical (unpaired) electrons. The predicted molar refractivity (Wildman–Crippen MR) is 90.4 cm³/mol. The third-order valence-corrected chi connectivity index (χ3v) is 3.29. The number of benzene rings is 2. The van der Waals surface area contributed by atoms with E-state index in [9.17, 15) is 4.79 Å². The van der Waals surface area contributed by atoms with E-state index in [1.165, 1.54) is 25.4 Å². The van der Waals surface area contributed by atoms with E-state index in [4.69, 9.17) is 0 Å². The monoisotopic (exact) mass is 286 g/mol. The van der Waals surface area contributed by atoms with Gasteiger partial charge in [0.15, 0.2) is 5.78 Å². The van der Waals surface area contributed by atoms with Crippen molar-refractivity contribution in [2.45, 2.75) is 26.2 Å². The molecule has 0 aliphatic rings. The Morgan fingerprint density at radius 3 is 1.60 bits per heavy atom. The van der Waals surface area contributed by atoms with E-state index in [1.54, 1.807) is 0 Å². The van der Waals surface area contributed by atoms with Crippen LogP contribution in [0.15, 0.2) is 60.7 Å². The molecule has 2 aromatic rings. The first-order valence-electron chi connectivity index (χ1n) is 7.14. The van der Waals surface area contributed by atoms with E-state index in [1.807, 2.05) is 60.7 Å². The Morgan fingerprint density at radius 2 is 1.30 bits per heavy atom. The molecule has 0 aliphatic heterocycles. The number of rotatable bonds is 5. The molecular formula is C18H23OP. The van der Waals surface area contributed by atoms with E-state index in [2.05, 4.69) is 16.2 Å². The van der Waals surface area contributed by atoms with E-state index in [0.717, 1.165) is 11.1 Å². The van der Waals surface area contributed by atoms with E-state index >= 15 is 0 Å². The van der Waals surface area contributed by atoms with Gasteiger partial charge in [-0.3, -0.25) is 4.79 Å². The van der Waals surface area contributed by atoms with Crippen molar-refractivity contribution in [2.75, 3.05) is 6.16 Å². The van der Waals surface area contributed by atoms with Crippen molar-refractivity contribution in [2.24, 2.45) is 0 Å². The lowest BCUT2D eigenvalue weighted by Gasteiger charge is -1.99. The molecule has 0 saturated heterocycles. The number of hydrogen-bond acceptors (Lipinski definition) is 1. The van der Waals surface area contributed by atoms with Gasteiger partial charge in [0.1, 0.15) is 0 Å². The highest BCUT2D eigenvalue weighted by molar-refractivity contribution is 7.16. The number of unbranched alkanes of at least 4 members (excludes halogenated alkanes) is 2. The second kappa shape index (κ2) is 10.3. The molecule has 1 nitrogen and oxygen atoms in total. The molecule has 1 unspecified atom stereocenters. The van der Waals surface area contributed by atoms with Crippen molar-refractivity contribution in [3.63, 3.8) is 0 Å². The SMILES string of the molecule is CCCCCP.O=C(c1ccccc1)c1ccccc1. The third-order valence-electron chi connectivity index (χ3n) is 2.88. The fraction of sp³-hybridized carbons (Fsp3) is 0.278. The van der Waals surface area contributed by atoms with Crippen LogP contribution in [0.5, 0.6) is 0 Å². The summed E-state index contributed by atoms with van der Waals surface area (Å²) >= 11 is 0. The maximum absolute atomic E-state index is 11.8. The van der Waals surface area contributed by atoms with Crippen LogP contribution in [0.4, 0.5) is 0 Å². The molecule has 0 fully saturated rings. The van der Waals surface area contributed by atoms with Gasteiger partial charge in [-0.25, -0.2) is 0 Å². The molecule has 2 aromatic carbocycles. The van der Waals surface area contributed by atoms with Gasteiger partial charge in [0.2, 0.25) is 0 Å². The van der Waals surface area contributed by atoms with Crippen LogP contribution in [0.3, 0.4) is 0 Å². The smallest absolute Gasteiger partial charge is 0.193 e. The van der Waals surface area contributed by atoms with Crippen molar-refractivity contribution < 1.29 is 4.79 Å².